The van der Waals surface area contributed by atoms with E-state index >= 15 is 0 Å². The zero-order valence-electron chi connectivity index (χ0n) is 26.0. The van der Waals surface area contributed by atoms with Gasteiger partial charge in [0.25, 0.3) is 10.1 Å². The lowest BCUT2D eigenvalue weighted by Gasteiger charge is -2.21. The number of allylic oxidation sites excluding steroid dienone is 3. The monoisotopic (exact) mass is 585 g/mol. The first-order valence-electron chi connectivity index (χ1n) is 16.5. The highest BCUT2D eigenvalue weighted by molar-refractivity contribution is 7.85. The van der Waals surface area contributed by atoms with Crippen LogP contribution in [0.15, 0.2) is 24.3 Å². The minimum absolute atomic E-state index is 0.286. The largest absolute Gasteiger partial charge is 0.387 e. The van der Waals surface area contributed by atoms with Crippen LogP contribution in [0.4, 0.5) is 0 Å². The Morgan fingerprint density at radius 3 is 1.50 bits per heavy atom. The quantitative estimate of drug-likeness (QED) is 0.0462. The fourth-order valence-electron chi connectivity index (χ4n) is 4.85. The maximum atomic E-state index is 12.4. The van der Waals surface area contributed by atoms with Gasteiger partial charge in [0.1, 0.15) is 0 Å². The zero-order valence-corrected chi connectivity index (χ0v) is 26.8. The summed E-state index contributed by atoms with van der Waals surface area (Å²) in [7, 11) is -4.33. The molecule has 0 spiro atoms. The van der Waals surface area contributed by atoms with Crippen LogP contribution in [0.1, 0.15) is 162 Å². The Hall–Kier alpha value is -1.18. The number of hydrogen-bond donors (Lipinski definition) is 3. The van der Waals surface area contributed by atoms with Crippen molar-refractivity contribution >= 4 is 16.0 Å². The van der Waals surface area contributed by atoms with Crippen molar-refractivity contribution in [3.63, 3.8) is 0 Å². The third-order valence-corrected chi connectivity index (χ3v) is 8.15. The second-order valence-corrected chi connectivity index (χ2v) is 12.9. The molecule has 0 saturated carbocycles. The van der Waals surface area contributed by atoms with E-state index in [9.17, 15) is 22.9 Å². The Kier molecular flexibility index (Phi) is 27.1. The first-order valence-corrected chi connectivity index (χ1v) is 18.1. The van der Waals surface area contributed by atoms with Crippen LogP contribution in [0.3, 0.4) is 0 Å². The van der Waals surface area contributed by atoms with Crippen LogP contribution in [0.5, 0.6) is 0 Å². The van der Waals surface area contributed by atoms with Crippen LogP contribution in [-0.4, -0.2) is 41.9 Å². The van der Waals surface area contributed by atoms with Crippen LogP contribution in [0.2, 0.25) is 0 Å². The van der Waals surface area contributed by atoms with Crippen LogP contribution in [0.25, 0.3) is 0 Å². The van der Waals surface area contributed by atoms with Crippen molar-refractivity contribution in [1.82, 2.24) is 5.32 Å². The zero-order chi connectivity index (χ0) is 29.7. The van der Waals surface area contributed by atoms with Crippen LogP contribution in [-0.2, 0) is 14.9 Å². The minimum atomic E-state index is -4.33. The molecule has 1 amide bonds. The fourth-order valence-corrected chi connectivity index (χ4v) is 5.59. The van der Waals surface area contributed by atoms with Gasteiger partial charge < -0.3 is 10.4 Å². The van der Waals surface area contributed by atoms with E-state index in [2.05, 4.69) is 31.3 Å². The lowest BCUT2D eigenvalue weighted by atomic mass is 10.1. The Balaban J connectivity index is 4.06. The van der Waals surface area contributed by atoms with Gasteiger partial charge in [0.05, 0.1) is 17.9 Å². The van der Waals surface area contributed by atoms with E-state index in [0.717, 1.165) is 57.8 Å². The summed E-state index contributed by atoms with van der Waals surface area (Å²) in [5.41, 5.74) is 0. The molecule has 0 rings (SSSR count). The van der Waals surface area contributed by atoms with E-state index in [4.69, 9.17) is 0 Å². The lowest BCUT2D eigenvalue weighted by molar-refractivity contribution is -0.122. The topological polar surface area (TPSA) is 104 Å². The highest BCUT2D eigenvalue weighted by Crippen LogP contribution is 2.12. The molecule has 0 aliphatic carbocycles. The predicted molar refractivity (Wildman–Crippen MR) is 170 cm³/mol. The molecule has 0 fully saturated rings. The summed E-state index contributed by atoms with van der Waals surface area (Å²) < 4.78 is 32.2. The van der Waals surface area contributed by atoms with Crippen LogP contribution >= 0.6 is 0 Å². The number of unbranched alkanes of at least 4 members (excludes halogenated alkanes) is 19. The molecule has 0 saturated heterocycles. The van der Waals surface area contributed by atoms with E-state index in [0.29, 0.717) is 0 Å². The number of amides is 1. The van der Waals surface area contributed by atoms with Gasteiger partial charge in [0, 0.05) is 6.42 Å². The summed E-state index contributed by atoms with van der Waals surface area (Å²) in [5.74, 6) is -0.990. The molecule has 0 aromatic carbocycles. The van der Waals surface area contributed by atoms with E-state index in [-0.39, 0.29) is 12.3 Å². The van der Waals surface area contributed by atoms with Crippen molar-refractivity contribution in [2.24, 2.45) is 0 Å². The highest BCUT2D eigenvalue weighted by Gasteiger charge is 2.24. The average Bonchev–Trinajstić information content (AvgIpc) is 2.90. The van der Waals surface area contributed by atoms with Crippen LogP contribution in [0, 0.1) is 0 Å². The van der Waals surface area contributed by atoms with Gasteiger partial charge in [0.2, 0.25) is 5.91 Å². The molecule has 2 unspecified atom stereocenters. The summed E-state index contributed by atoms with van der Waals surface area (Å²) in [6.45, 7) is 4.46. The van der Waals surface area contributed by atoms with Gasteiger partial charge >= 0.3 is 0 Å². The van der Waals surface area contributed by atoms with E-state index in [1.807, 2.05) is 6.08 Å². The maximum Gasteiger partial charge on any atom is 0.267 e. The summed E-state index contributed by atoms with van der Waals surface area (Å²) in [4.78, 5) is 12.4. The molecule has 0 aliphatic heterocycles. The van der Waals surface area contributed by atoms with Gasteiger partial charge in [-0.05, 0) is 44.9 Å². The molecule has 0 aromatic heterocycles. The number of aliphatic hydroxyl groups excluding tert-OH is 1. The molecule has 0 bridgehead atoms. The van der Waals surface area contributed by atoms with Crippen molar-refractivity contribution in [2.75, 3.05) is 5.75 Å². The summed E-state index contributed by atoms with van der Waals surface area (Å²) >= 11 is 0. The molecule has 0 heterocycles. The molecule has 7 heteroatoms. The third kappa shape index (κ3) is 28.4. The molecule has 0 radical (unpaired) electrons. The first-order chi connectivity index (χ1) is 19.3. The SMILES string of the molecule is CCCCCCC/C=C\CCCCCCCC(=O)NC(CS(=O)(=O)O)C(O)/C=C/CCCCCCCCCCC. The molecule has 6 nitrogen and oxygen atoms in total. The molecular formula is C33H63NO5S. The Bertz CT molecular complexity index is 735. The van der Waals surface area contributed by atoms with E-state index in [1.165, 1.54) is 83.5 Å². The Morgan fingerprint density at radius 2 is 1.05 bits per heavy atom. The standard InChI is InChI=1S/C33H63NO5S/c1-3-5-7-9-11-13-15-16-17-19-21-23-25-27-29-33(36)34-31(30-40(37,38)39)32(35)28-26-24-22-20-18-14-12-10-8-6-4-2/h15-16,26,28,31-32,35H,3-14,17-25,27,29-30H2,1-2H3,(H,34,36)(H,37,38,39)/b16-15-,28-26+. The summed E-state index contributed by atoms with van der Waals surface area (Å²) in [6, 6.07) is -1.06. The van der Waals surface area contributed by atoms with Crippen LogP contribution < -0.4 is 5.32 Å². The smallest absolute Gasteiger partial charge is 0.267 e. The van der Waals surface area contributed by atoms with Crippen molar-refractivity contribution in [2.45, 2.75) is 174 Å². The summed E-state index contributed by atoms with van der Waals surface area (Å²) in [6.07, 6.45) is 33.0. The van der Waals surface area contributed by atoms with E-state index < -0.39 is 28.0 Å². The average molecular weight is 586 g/mol. The second kappa shape index (κ2) is 28.0. The van der Waals surface area contributed by atoms with Crippen molar-refractivity contribution in [3.8, 4) is 0 Å². The maximum absolute atomic E-state index is 12.4. The highest BCUT2D eigenvalue weighted by atomic mass is 32.2. The molecule has 0 aliphatic rings. The molecule has 2 atom stereocenters. The minimum Gasteiger partial charge on any atom is -0.387 e. The third-order valence-electron chi connectivity index (χ3n) is 7.37. The predicted octanol–water partition coefficient (Wildman–Crippen LogP) is 8.84. The Labute approximate surface area is 247 Å². The van der Waals surface area contributed by atoms with Gasteiger partial charge in [-0.1, -0.05) is 134 Å². The van der Waals surface area contributed by atoms with Gasteiger partial charge in [-0.2, -0.15) is 8.42 Å². The number of carbonyl (C=O) groups is 1. The van der Waals surface area contributed by atoms with E-state index in [1.54, 1.807) is 6.08 Å². The van der Waals surface area contributed by atoms with Gasteiger partial charge in [-0.15, -0.1) is 0 Å². The number of hydrogen-bond acceptors (Lipinski definition) is 4. The van der Waals surface area contributed by atoms with Crippen molar-refractivity contribution in [3.05, 3.63) is 24.3 Å². The molecule has 236 valence electrons. The number of nitrogens with one attached hydrogen (secondary N) is 1. The molecule has 0 aromatic rings. The molecular weight excluding hydrogens is 522 g/mol. The fraction of sp³-hybridized carbons (Fsp3) is 0.848. The number of carbonyl (C=O) groups excluding carboxylic acids is 1. The first kappa shape index (κ1) is 38.8. The number of aliphatic hydroxyl groups is 1. The number of rotatable bonds is 29. The van der Waals surface area contributed by atoms with Crippen molar-refractivity contribution < 1.29 is 22.9 Å². The summed E-state index contributed by atoms with van der Waals surface area (Å²) in [5, 5.41) is 13.1. The molecule has 3 N–H and O–H groups in total. The van der Waals surface area contributed by atoms with Gasteiger partial charge in [0.15, 0.2) is 0 Å². The lowest BCUT2D eigenvalue weighted by Crippen LogP contribution is -2.46. The van der Waals surface area contributed by atoms with Gasteiger partial charge in [-0.3, -0.25) is 9.35 Å². The molecule has 40 heavy (non-hydrogen) atoms. The second-order valence-electron chi connectivity index (χ2n) is 11.4. The van der Waals surface area contributed by atoms with Crippen molar-refractivity contribution in [1.29, 1.82) is 0 Å². The Morgan fingerprint density at radius 1 is 0.650 bits per heavy atom. The normalized spacial score (nSPS) is 13.8. The van der Waals surface area contributed by atoms with Gasteiger partial charge in [-0.25, -0.2) is 0 Å².